The summed E-state index contributed by atoms with van der Waals surface area (Å²) in [5.41, 5.74) is 4.59. The summed E-state index contributed by atoms with van der Waals surface area (Å²) in [6.45, 7) is 0.0102. The molecule has 29 heavy (non-hydrogen) atoms. The molecule has 1 heterocycles. The van der Waals surface area contributed by atoms with Crippen LogP contribution in [0.25, 0.3) is 0 Å². The summed E-state index contributed by atoms with van der Waals surface area (Å²) < 4.78 is 48.9. The second kappa shape index (κ2) is 7.31. The van der Waals surface area contributed by atoms with Crippen molar-refractivity contribution in [3.63, 3.8) is 0 Å². The topological polar surface area (TPSA) is 76.7 Å². The second-order valence-corrected chi connectivity index (χ2v) is 6.91. The average Bonchev–Trinajstić information content (AvgIpc) is 3.52. The Morgan fingerprint density at radius 1 is 0.931 bits per heavy atom. The van der Waals surface area contributed by atoms with E-state index in [1.165, 1.54) is 12.1 Å². The van der Waals surface area contributed by atoms with Gasteiger partial charge in [0.1, 0.15) is 6.61 Å². The van der Waals surface area contributed by atoms with Crippen LogP contribution in [0.3, 0.4) is 0 Å². The first kappa shape index (κ1) is 19.1. The van der Waals surface area contributed by atoms with Crippen LogP contribution in [0, 0.1) is 5.92 Å². The van der Waals surface area contributed by atoms with E-state index in [4.69, 9.17) is 9.47 Å². The zero-order valence-electron chi connectivity index (χ0n) is 15.0. The molecule has 2 amide bonds. The Labute approximate surface area is 164 Å². The molecule has 0 bridgehead atoms. The van der Waals surface area contributed by atoms with E-state index in [0.29, 0.717) is 23.5 Å². The van der Waals surface area contributed by atoms with Crippen LogP contribution >= 0.6 is 0 Å². The monoisotopic (exact) mass is 406 g/mol. The van der Waals surface area contributed by atoms with Gasteiger partial charge in [0.15, 0.2) is 11.5 Å². The number of carbonyl (C=O) groups excluding carboxylic acids is 2. The molecule has 2 aromatic rings. The number of alkyl halides is 3. The van der Waals surface area contributed by atoms with E-state index in [1.54, 1.807) is 24.3 Å². The molecule has 0 spiro atoms. The highest BCUT2D eigenvalue weighted by Gasteiger charge is 2.44. The molecule has 2 aromatic carbocycles. The van der Waals surface area contributed by atoms with Gasteiger partial charge in [-0.1, -0.05) is 24.3 Å². The molecule has 4 rings (SSSR count). The number of hydrazine groups is 1. The summed E-state index contributed by atoms with van der Waals surface area (Å²) in [5, 5.41) is 0. The molecule has 2 aliphatic rings. The fourth-order valence-electron chi connectivity index (χ4n) is 3.22. The summed E-state index contributed by atoms with van der Waals surface area (Å²) in [4.78, 5) is 24.4. The molecule has 152 valence electrons. The minimum atomic E-state index is -4.39. The third kappa shape index (κ3) is 4.13. The van der Waals surface area contributed by atoms with Crippen molar-refractivity contribution in [3.8, 4) is 11.5 Å². The van der Waals surface area contributed by atoms with Gasteiger partial charge in [-0.3, -0.25) is 20.4 Å². The Hall–Kier alpha value is -3.23. The maximum absolute atomic E-state index is 12.6. The molecule has 0 saturated heterocycles. The van der Waals surface area contributed by atoms with Gasteiger partial charge in [0.05, 0.1) is 5.56 Å². The predicted molar refractivity (Wildman–Crippen MR) is 94.9 cm³/mol. The largest absolute Gasteiger partial charge is 0.485 e. The normalized spacial score (nSPS) is 22.5. The predicted octanol–water partition coefficient (Wildman–Crippen LogP) is 2.80. The molecule has 3 unspecified atom stereocenters. The van der Waals surface area contributed by atoms with Crippen LogP contribution in [-0.2, 0) is 15.8 Å². The Morgan fingerprint density at radius 3 is 2.28 bits per heavy atom. The van der Waals surface area contributed by atoms with Gasteiger partial charge in [-0.25, -0.2) is 0 Å². The standard InChI is InChI=1S/C20H17F3N2O4/c21-20(22,23)12-7-5-11(6-8-12)13-9-14(13)18(26)24-25-19(27)17-10-28-15-3-1-2-4-16(15)29-17/h1-8,13-14,17H,9-10H2,(H,24,26)(H,25,27). The maximum atomic E-state index is 12.6. The minimum Gasteiger partial charge on any atom is -0.485 e. The Kier molecular flexibility index (Phi) is 4.81. The van der Waals surface area contributed by atoms with E-state index in [2.05, 4.69) is 10.9 Å². The molecule has 1 saturated carbocycles. The lowest BCUT2D eigenvalue weighted by Gasteiger charge is -2.25. The van der Waals surface area contributed by atoms with Crippen LogP contribution in [0.4, 0.5) is 13.2 Å². The molecule has 9 heteroatoms. The van der Waals surface area contributed by atoms with E-state index in [0.717, 1.165) is 12.1 Å². The van der Waals surface area contributed by atoms with Crippen molar-refractivity contribution in [3.05, 3.63) is 59.7 Å². The fourth-order valence-corrected chi connectivity index (χ4v) is 3.22. The van der Waals surface area contributed by atoms with Crippen LogP contribution in [-0.4, -0.2) is 24.5 Å². The van der Waals surface area contributed by atoms with Gasteiger partial charge in [0.25, 0.3) is 5.91 Å². The molecule has 6 nitrogen and oxygen atoms in total. The number of hydrogen-bond donors (Lipinski definition) is 2. The number of amides is 2. The van der Waals surface area contributed by atoms with Crippen LogP contribution in [0.15, 0.2) is 48.5 Å². The molecule has 1 fully saturated rings. The molecular weight excluding hydrogens is 389 g/mol. The Morgan fingerprint density at radius 2 is 1.59 bits per heavy atom. The van der Waals surface area contributed by atoms with Gasteiger partial charge in [-0.2, -0.15) is 13.2 Å². The van der Waals surface area contributed by atoms with Gasteiger partial charge in [-0.15, -0.1) is 0 Å². The number of fused-ring (bicyclic) bond motifs is 1. The molecule has 1 aliphatic carbocycles. The molecule has 0 aromatic heterocycles. The minimum absolute atomic E-state index is 0.0102. The number of ether oxygens (including phenoxy) is 2. The molecular formula is C20H17F3N2O4. The lowest BCUT2D eigenvalue weighted by atomic mass is 10.1. The fraction of sp³-hybridized carbons (Fsp3) is 0.300. The number of rotatable bonds is 3. The lowest BCUT2D eigenvalue weighted by Crippen LogP contribution is -2.51. The molecule has 0 radical (unpaired) electrons. The summed E-state index contributed by atoms with van der Waals surface area (Å²) in [7, 11) is 0. The van der Waals surface area contributed by atoms with E-state index in [9.17, 15) is 22.8 Å². The zero-order valence-corrected chi connectivity index (χ0v) is 15.0. The van der Waals surface area contributed by atoms with Gasteiger partial charge < -0.3 is 9.47 Å². The van der Waals surface area contributed by atoms with Crippen molar-refractivity contribution >= 4 is 11.8 Å². The first-order valence-electron chi connectivity index (χ1n) is 8.98. The molecule has 2 N–H and O–H groups in total. The number of nitrogens with one attached hydrogen (secondary N) is 2. The van der Waals surface area contributed by atoms with Crippen molar-refractivity contribution in [2.24, 2.45) is 5.92 Å². The SMILES string of the molecule is O=C(NNC(=O)C1CC1c1ccc(C(F)(F)F)cc1)C1COc2ccccc2O1. The number of halogens is 3. The quantitative estimate of drug-likeness (QED) is 0.769. The van der Waals surface area contributed by atoms with E-state index in [1.807, 2.05) is 0 Å². The van der Waals surface area contributed by atoms with Gasteiger partial charge in [0.2, 0.25) is 12.0 Å². The molecule has 1 aliphatic heterocycles. The third-order valence-electron chi connectivity index (χ3n) is 4.90. The third-order valence-corrected chi connectivity index (χ3v) is 4.90. The number of hydrogen-bond acceptors (Lipinski definition) is 4. The Bertz CT molecular complexity index is 930. The summed E-state index contributed by atoms with van der Waals surface area (Å²) >= 11 is 0. The van der Waals surface area contributed by atoms with Crippen molar-refractivity contribution in [1.82, 2.24) is 10.9 Å². The maximum Gasteiger partial charge on any atom is 0.416 e. The highest BCUT2D eigenvalue weighted by atomic mass is 19.4. The van der Waals surface area contributed by atoms with Crippen molar-refractivity contribution in [2.75, 3.05) is 6.61 Å². The van der Waals surface area contributed by atoms with Crippen LogP contribution in [0.1, 0.15) is 23.5 Å². The second-order valence-electron chi connectivity index (χ2n) is 6.91. The first-order chi connectivity index (χ1) is 13.8. The van der Waals surface area contributed by atoms with Gasteiger partial charge in [-0.05, 0) is 42.2 Å². The van der Waals surface area contributed by atoms with Crippen molar-refractivity contribution in [2.45, 2.75) is 24.6 Å². The van der Waals surface area contributed by atoms with Gasteiger partial charge in [0, 0.05) is 5.92 Å². The number of carbonyl (C=O) groups is 2. The highest BCUT2D eigenvalue weighted by molar-refractivity contribution is 5.87. The number of para-hydroxylation sites is 2. The van der Waals surface area contributed by atoms with E-state index >= 15 is 0 Å². The summed E-state index contributed by atoms with van der Waals surface area (Å²) in [6.07, 6.45) is -4.80. The van der Waals surface area contributed by atoms with Crippen LogP contribution in [0.5, 0.6) is 11.5 Å². The van der Waals surface area contributed by atoms with Crippen molar-refractivity contribution < 1.29 is 32.2 Å². The van der Waals surface area contributed by atoms with Crippen LogP contribution in [0.2, 0.25) is 0 Å². The van der Waals surface area contributed by atoms with E-state index in [-0.39, 0.29) is 12.5 Å². The lowest BCUT2D eigenvalue weighted by molar-refractivity contribution is -0.137. The average molecular weight is 406 g/mol. The smallest absolute Gasteiger partial charge is 0.416 e. The molecule has 3 atom stereocenters. The summed E-state index contributed by atoms with van der Waals surface area (Å²) in [5.74, 6) is -0.556. The Balaban J connectivity index is 1.27. The van der Waals surface area contributed by atoms with Gasteiger partial charge >= 0.3 is 6.18 Å². The summed E-state index contributed by atoms with van der Waals surface area (Å²) in [6, 6.07) is 11.7. The first-order valence-corrected chi connectivity index (χ1v) is 8.98. The van der Waals surface area contributed by atoms with Crippen LogP contribution < -0.4 is 20.3 Å². The highest BCUT2D eigenvalue weighted by Crippen LogP contribution is 2.47. The zero-order chi connectivity index (χ0) is 20.6. The number of benzene rings is 2. The van der Waals surface area contributed by atoms with E-state index < -0.39 is 35.6 Å². The van der Waals surface area contributed by atoms with Crippen molar-refractivity contribution in [1.29, 1.82) is 0 Å².